The maximum Gasteiger partial charge on any atom is 0.341 e. The lowest BCUT2D eigenvalue weighted by molar-refractivity contribution is -0.119. The lowest BCUT2D eigenvalue weighted by atomic mass is 10.0. The van der Waals surface area contributed by atoms with Crippen LogP contribution in [0.3, 0.4) is 0 Å². The highest BCUT2D eigenvalue weighted by atomic mass is 19.1. The number of carboxylic acids is 1. The topological polar surface area (TPSA) is 127 Å². The van der Waals surface area contributed by atoms with Gasteiger partial charge >= 0.3 is 5.97 Å². The fraction of sp³-hybridized carbons (Fsp3) is 0.435. The van der Waals surface area contributed by atoms with E-state index in [0.717, 1.165) is 18.9 Å². The zero-order chi connectivity index (χ0) is 24.6. The van der Waals surface area contributed by atoms with Gasteiger partial charge in [-0.3, -0.25) is 9.59 Å². The molecule has 2 heterocycles. The monoisotopic (exact) mass is 476 g/mol. The Morgan fingerprint density at radius 3 is 2.71 bits per heavy atom. The Balaban J connectivity index is 1.82. The number of fused-ring (bicyclic) bond motifs is 1. The number of piperidine rings is 1. The summed E-state index contributed by atoms with van der Waals surface area (Å²) in [5.74, 6) is -3.02. The third-order valence-corrected chi connectivity index (χ3v) is 6.19. The molecule has 1 amide bonds. The van der Waals surface area contributed by atoms with Crippen molar-refractivity contribution in [3.8, 4) is 5.75 Å². The van der Waals surface area contributed by atoms with Crippen LogP contribution in [0.1, 0.15) is 42.1 Å². The molecule has 182 valence electrons. The number of rotatable bonds is 7. The predicted octanol–water partition coefficient (Wildman–Crippen LogP) is 2.08. The van der Waals surface area contributed by atoms with Crippen LogP contribution in [0.4, 0.5) is 14.5 Å². The van der Waals surface area contributed by atoms with Gasteiger partial charge in [0.1, 0.15) is 17.1 Å². The van der Waals surface area contributed by atoms with Crippen molar-refractivity contribution in [2.75, 3.05) is 38.2 Å². The number of halogens is 2. The number of methoxy groups -OCH3 is 1. The number of carbonyl (C=O) groups excluding carboxylic acids is 1. The van der Waals surface area contributed by atoms with Crippen LogP contribution in [0, 0.1) is 5.82 Å². The molecule has 0 unspecified atom stereocenters. The molecule has 0 radical (unpaired) electrons. The second kappa shape index (κ2) is 9.41. The molecule has 1 aromatic carbocycles. The molecule has 9 nitrogen and oxygen atoms in total. The van der Waals surface area contributed by atoms with Gasteiger partial charge < -0.3 is 30.4 Å². The Hall–Kier alpha value is -3.47. The lowest BCUT2D eigenvalue weighted by Gasteiger charge is -2.33. The number of carbonyl (C=O) groups is 2. The Bertz CT molecular complexity index is 1250. The second-order valence-corrected chi connectivity index (χ2v) is 8.47. The van der Waals surface area contributed by atoms with Gasteiger partial charge in [0.05, 0.1) is 31.1 Å². The summed E-state index contributed by atoms with van der Waals surface area (Å²) >= 11 is 0. The van der Waals surface area contributed by atoms with Crippen LogP contribution >= 0.6 is 0 Å². The zero-order valence-electron chi connectivity index (χ0n) is 18.7. The minimum Gasteiger partial charge on any atom is -0.492 e. The minimum absolute atomic E-state index is 0.0196. The Labute approximate surface area is 193 Å². The van der Waals surface area contributed by atoms with Gasteiger partial charge in [0, 0.05) is 25.3 Å². The van der Waals surface area contributed by atoms with E-state index in [1.807, 2.05) is 0 Å². The number of aromatic nitrogens is 1. The van der Waals surface area contributed by atoms with Crippen molar-refractivity contribution in [2.24, 2.45) is 5.73 Å². The van der Waals surface area contributed by atoms with E-state index in [0.29, 0.717) is 30.5 Å². The first-order valence-electron chi connectivity index (χ1n) is 11.0. The number of hydrogen-bond acceptors (Lipinski definition) is 6. The molecule has 11 heteroatoms. The summed E-state index contributed by atoms with van der Waals surface area (Å²) in [7, 11) is 1.36. The number of nitrogens with zero attached hydrogens (tertiary/aromatic N) is 2. The Morgan fingerprint density at radius 1 is 1.35 bits per heavy atom. The number of ether oxygens (including phenoxy) is 1. The number of carboxylic acid groups (broad SMARTS) is 1. The number of benzene rings is 1. The van der Waals surface area contributed by atoms with E-state index in [-0.39, 0.29) is 42.5 Å². The van der Waals surface area contributed by atoms with Crippen LogP contribution in [0.25, 0.3) is 10.9 Å². The quantitative estimate of drug-likeness (QED) is 0.558. The van der Waals surface area contributed by atoms with Crippen LogP contribution in [-0.2, 0) is 4.79 Å². The number of anilines is 1. The number of pyridine rings is 1. The van der Waals surface area contributed by atoms with Gasteiger partial charge in [-0.2, -0.15) is 0 Å². The largest absolute Gasteiger partial charge is 0.492 e. The van der Waals surface area contributed by atoms with Gasteiger partial charge in [0.2, 0.25) is 11.3 Å². The summed E-state index contributed by atoms with van der Waals surface area (Å²) in [5.41, 5.74) is 4.84. The summed E-state index contributed by atoms with van der Waals surface area (Å²) in [5, 5.41) is 11.8. The summed E-state index contributed by atoms with van der Waals surface area (Å²) in [6.45, 7) is -0.0498. The first kappa shape index (κ1) is 23.7. The zero-order valence-corrected chi connectivity index (χ0v) is 18.7. The third-order valence-electron chi connectivity index (χ3n) is 6.19. The molecule has 4 N–H and O–H groups in total. The van der Waals surface area contributed by atoms with Crippen molar-refractivity contribution >= 4 is 28.5 Å². The number of nitrogens with two attached hydrogens (primary N) is 1. The highest BCUT2D eigenvalue weighted by Gasteiger charge is 2.32. The van der Waals surface area contributed by atoms with Crippen molar-refractivity contribution in [1.82, 2.24) is 9.88 Å². The van der Waals surface area contributed by atoms with Gasteiger partial charge in [-0.15, -0.1) is 0 Å². The van der Waals surface area contributed by atoms with E-state index in [1.165, 1.54) is 13.3 Å². The smallest absolute Gasteiger partial charge is 0.341 e. The highest BCUT2D eigenvalue weighted by molar-refractivity contribution is 5.97. The number of amides is 1. The summed E-state index contributed by atoms with van der Waals surface area (Å²) < 4.78 is 37.4. The average molecular weight is 476 g/mol. The van der Waals surface area contributed by atoms with Gasteiger partial charge in [-0.1, -0.05) is 0 Å². The van der Waals surface area contributed by atoms with Crippen molar-refractivity contribution in [3.63, 3.8) is 0 Å². The molecule has 4 rings (SSSR count). The van der Waals surface area contributed by atoms with Gasteiger partial charge in [-0.25, -0.2) is 13.6 Å². The van der Waals surface area contributed by atoms with Crippen LogP contribution < -0.4 is 26.1 Å². The number of hydrogen-bond donors (Lipinski definition) is 3. The predicted molar refractivity (Wildman–Crippen MR) is 122 cm³/mol. The SMILES string of the molecule is COc1c(N2CCC/C(=C(\F)CNC(=O)CN)C2)c(F)cc2c(=O)c(C(=O)O)cn(C3CC3)c12. The molecular formula is C23H26F2N4O5. The van der Waals surface area contributed by atoms with Gasteiger partial charge in [-0.05, 0) is 37.3 Å². The van der Waals surface area contributed by atoms with E-state index < -0.39 is 34.5 Å². The molecule has 1 aromatic heterocycles. The number of nitrogens with one attached hydrogen (secondary N) is 1. The van der Waals surface area contributed by atoms with Gasteiger partial charge in [0.15, 0.2) is 11.6 Å². The minimum atomic E-state index is -1.38. The molecule has 0 bridgehead atoms. The van der Waals surface area contributed by atoms with Crippen LogP contribution in [0.15, 0.2) is 28.5 Å². The molecule has 2 aromatic rings. The molecular weight excluding hydrogens is 450 g/mol. The summed E-state index contributed by atoms with van der Waals surface area (Å²) in [6, 6.07) is 1.02. The van der Waals surface area contributed by atoms with E-state index in [4.69, 9.17) is 10.5 Å². The Morgan fingerprint density at radius 2 is 2.09 bits per heavy atom. The van der Waals surface area contributed by atoms with E-state index >= 15 is 4.39 Å². The fourth-order valence-corrected chi connectivity index (χ4v) is 4.38. The standard InChI is InChI=1S/C23H26F2N4O5/c1-34-22-19-14(21(31)15(23(32)33)11-29(19)13-4-5-13)7-16(24)20(22)28-6-2-3-12(10-28)17(25)9-27-18(30)8-26/h7,11,13H,2-6,8-10,26H2,1H3,(H,27,30)(H,32,33)/b17-12+. The molecule has 1 saturated carbocycles. The summed E-state index contributed by atoms with van der Waals surface area (Å²) in [4.78, 5) is 37.4. The van der Waals surface area contributed by atoms with Crippen LogP contribution in [-0.4, -0.2) is 54.8 Å². The first-order valence-corrected chi connectivity index (χ1v) is 11.0. The first-order chi connectivity index (χ1) is 16.3. The van der Waals surface area contributed by atoms with E-state index in [2.05, 4.69) is 5.32 Å². The van der Waals surface area contributed by atoms with E-state index in [9.17, 15) is 23.9 Å². The molecule has 0 spiro atoms. The number of aromatic carboxylic acids is 1. The molecule has 1 saturated heterocycles. The normalized spacial score (nSPS) is 17.6. The van der Waals surface area contributed by atoms with Crippen molar-refractivity contribution in [1.29, 1.82) is 0 Å². The highest BCUT2D eigenvalue weighted by Crippen LogP contribution is 2.44. The molecule has 2 fully saturated rings. The summed E-state index contributed by atoms with van der Waals surface area (Å²) in [6.07, 6.45) is 3.87. The second-order valence-electron chi connectivity index (χ2n) is 8.47. The van der Waals surface area contributed by atoms with Gasteiger partial charge in [0.25, 0.3) is 0 Å². The van der Waals surface area contributed by atoms with E-state index in [1.54, 1.807) is 9.47 Å². The van der Waals surface area contributed by atoms with Crippen molar-refractivity contribution in [2.45, 2.75) is 31.7 Å². The average Bonchev–Trinajstić information content (AvgIpc) is 3.67. The molecule has 1 aliphatic carbocycles. The molecule has 0 atom stereocenters. The molecule has 1 aliphatic heterocycles. The fourth-order valence-electron chi connectivity index (χ4n) is 4.38. The van der Waals surface area contributed by atoms with Crippen LogP contribution in [0.5, 0.6) is 5.75 Å². The molecule has 34 heavy (non-hydrogen) atoms. The Kier molecular flexibility index (Phi) is 6.56. The third kappa shape index (κ3) is 4.35. The van der Waals surface area contributed by atoms with Crippen molar-refractivity contribution in [3.05, 3.63) is 45.3 Å². The lowest BCUT2D eigenvalue weighted by Crippen LogP contribution is -2.35. The van der Waals surface area contributed by atoms with Crippen molar-refractivity contribution < 1.29 is 28.2 Å². The maximum absolute atomic E-state index is 15.4. The van der Waals surface area contributed by atoms with Crippen LogP contribution in [0.2, 0.25) is 0 Å². The molecule has 2 aliphatic rings. The maximum atomic E-state index is 15.4.